The van der Waals surface area contributed by atoms with Gasteiger partial charge in [0.15, 0.2) is 0 Å². The van der Waals surface area contributed by atoms with Crippen LogP contribution in [-0.2, 0) is 0 Å². The first-order valence-electron chi connectivity index (χ1n) is 8.99. The molecule has 1 N–H and O–H groups in total. The van der Waals surface area contributed by atoms with Crippen LogP contribution in [0.3, 0.4) is 0 Å². The maximum absolute atomic E-state index is 12.8. The normalized spacial score (nSPS) is 10.6. The molecule has 0 aliphatic heterocycles. The summed E-state index contributed by atoms with van der Waals surface area (Å²) in [5, 5.41) is 6.76. The van der Waals surface area contributed by atoms with E-state index in [2.05, 4.69) is 20.4 Å². The highest BCUT2D eigenvalue weighted by atomic mass is 16.5. The monoisotopic (exact) mass is 403 g/mol. The summed E-state index contributed by atoms with van der Waals surface area (Å²) in [6.45, 7) is 1.76. The number of benzene rings is 2. The van der Waals surface area contributed by atoms with Gasteiger partial charge in [-0.05, 0) is 43.3 Å². The summed E-state index contributed by atoms with van der Waals surface area (Å²) in [6.07, 6.45) is 1.32. The molecule has 0 bridgehead atoms. The average molecular weight is 403 g/mol. The lowest BCUT2D eigenvalue weighted by molar-refractivity contribution is 0.0724. The number of amides is 1. The lowest BCUT2D eigenvalue weighted by Crippen LogP contribution is -2.18. The number of esters is 1. The van der Waals surface area contributed by atoms with Gasteiger partial charge in [-0.1, -0.05) is 12.1 Å². The summed E-state index contributed by atoms with van der Waals surface area (Å²) in [4.78, 5) is 33.7. The van der Waals surface area contributed by atoms with Crippen molar-refractivity contribution < 1.29 is 19.1 Å². The number of methoxy groups -OCH3 is 1. The Morgan fingerprint density at radius 1 is 1.07 bits per heavy atom. The minimum atomic E-state index is -0.650. The summed E-state index contributed by atoms with van der Waals surface area (Å²) in [7, 11) is 1.55. The van der Waals surface area contributed by atoms with Crippen molar-refractivity contribution in [1.82, 2.24) is 19.6 Å². The Balaban J connectivity index is 1.58. The Morgan fingerprint density at radius 3 is 2.60 bits per heavy atom. The average Bonchev–Trinajstić information content (AvgIpc) is 3.22. The molecule has 1 amide bonds. The van der Waals surface area contributed by atoms with E-state index in [1.165, 1.54) is 10.8 Å². The number of fused-ring (bicyclic) bond motifs is 1. The third kappa shape index (κ3) is 3.81. The standard InChI is InChI=1S/C21H17N5O4/c1-13-11-18(26-21(24-13)22-12-23-26)30-20(28)16-5-3-4-6-17(16)25-19(27)14-7-9-15(29-2)10-8-14/h3-12H,1-2H3,(H,25,27). The van der Waals surface area contributed by atoms with E-state index in [9.17, 15) is 9.59 Å². The molecule has 150 valence electrons. The summed E-state index contributed by atoms with van der Waals surface area (Å²) in [5.41, 5.74) is 1.57. The second-order valence-corrected chi connectivity index (χ2v) is 6.33. The summed E-state index contributed by atoms with van der Waals surface area (Å²) < 4.78 is 11.9. The van der Waals surface area contributed by atoms with E-state index in [4.69, 9.17) is 9.47 Å². The van der Waals surface area contributed by atoms with Gasteiger partial charge in [-0.25, -0.2) is 9.78 Å². The number of carbonyl (C=O) groups excluding carboxylic acids is 2. The maximum Gasteiger partial charge on any atom is 0.346 e. The molecule has 0 aliphatic carbocycles. The fourth-order valence-corrected chi connectivity index (χ4v) is 2.83. The first-order chi connectivity index (χ1) is 14.5. The third-order valence-electron chi connectivity index (χ3n) is 4.29. The fraction of sp³-hybridized carbons (Fsp3) is 0.0952. The van der Waals surface area contributed by atoms with Crippen molar-refractivity contribution in [1.29, 1.82) is 0 Å². The van der Waals surface area contributed by atoms with Crippen molar-refractivity contribution in [2.24, 2.45) is 0 Å². The third-order valence-corrected chi connectivity index (χ3v) is 4.29. The fourth-order valence-electron chi connectivity index (χ4n) is 2.83. The van der Waals surface area contributed by atoms with Gasteiger partial charge in [0.2, 0.25) is 5.88 Å². The number of hydrogen-bond donors (Lipinski definition) is 1. The number of aromatic nitrogens is 4. The first kappa shape index (κ1) is 19.1. The van der Waals surface area contributed by atoms with E-state index in [1.54, 1.807) is 68.6 Å². The topological polar surface area (TPSA) is 108 Å². The number of nitrogens with one attached hydrogen (secondary N) is 1. The van der Waals surface area contributed by atoms with E-state index in [0.29, 0.717) is 28.5 Å². The van der Waals surface area contributed by atoms with Crippen LogP contribution in [0.4, 0.5) is 5.69 Å². The Bertz CT molecular complexity index is 1230. The van der Waals surface area contributed by atoms with Crippen molar-refractivity contribution in [3.05, 3.63) is 77.7 Å². The van der Waals surface area contributed by atoms with Crippen LogP contribution in [0.25, 0.3) is 5.78 Å². The zero-order valence-corrected chi connectivity index (χ0v) is 16.2. The number of anilines is 1. The smallest absolute Gasteiger partial charge is 0.346 e. The van der Waals surface area contributed by atoms with Crippen molar-refractivity contribution in [3.63, 3.8) is 0 Å². The van der Waals surface area contributed by atoms with Crippen LogP contribution < -0.4 is 14.8 Å². The molecule has 2 aromatic heterocycles. The number of rotatable bonds is 5. The Kier molecular flexibility index (Phi) is 5.08. The van der Waals surface area contributed by atoms with Gasteiger partial charge in [0.1, 0.15) is 12.1 Å². The van der Waals surface area contributed by atoms with Crippen LogP contribution in [0.15, 0.2) is 60.9 Å². The Morgan fingerprint density at radius 2 is 1.83 bits per heavy atom. The van der Waals surface area contributed by atoms with Crippen LogP contribution in [-0.4, -0.2) is 38.6 Å². The maximum atomic E-state index is 12.8. The van der Waals surface area contributed by atoms with E-state index in [-0.39, 0.29) is 17.4 Å². The van der Waals surface area contributed by atoms with Gasteiger partial charge in [0, 0.05) is 17.3 Å². The minimum absolute atomic E-state index is 0.177. The molecule has 0 unspecified atom stereocenters. The number of ether oxygens (including phenoxy) is 2. The molecule has 9 nitrogen and oxygen atoms in total. The highest BCUT2D eigenvalue weighted by Gasteiger charge is 2.18. The molecular formula is C21H17N5O4. The molecule has 4 aromatic rings. The molecule has 0 spiro atoms. The SMILES string of the molecule is COc1ccc(C(=O)Nc2ccccc2C(=O)Oc2cc(C)nc3ncnn23)cc1. The van der Waals surface area contributed by atoms with Gasteiger partial charge in [0.25, 0.3) is 11.7 Å². The van der Waals surface area contributed by atoms with Crippen LogP contribution in [0.5, 0.6) is 11.6 Å². The minimum Gasteiger partial charge on any atom is -0.497 e. The predicted molar refractivity (Wildman–Crippen MR) is 108 cm³/mol. The van der Waals surface area contributed by atoms with Crippen LogP contribution >= 0.6 is 0 Å². The van der Waals surface area contributed by atoms with Crippen molar-refractivity contribution >= 4 is 23.3 Å². The van der Waals surface area contributed by atoms with E-state index in [0.717, 1.165) is 0 Å². The zero-order valence-electron chi connectivity index (χ0n) is 16.2. The predicted octanol–water partition coefficient (Wildman–Crippen LogP) is 2.91. The highest BCUT2D eigenvalue weighted by molar-refractivity contribution is 6.08. The van der Waals surface area contributed by atoms with Crippen LogP contribution in [0.1, 0.15) is 26.4 Å². The number of hydrogen-bond acceptors (Lipinski definition) is 7. The zero-order chi connectivity index (χ0) is 21.1. The van der Waals surface area contributed by atoms with Crippen LogP contribution in [0.2, 0.25) is 0 Å². The quantitative estimate of drug-likeness (QED) is 0.511. The largest absolute Gasteiger partial charge is 0.497 e. The Labute approximate surface area is 171 Å². The Hall–Kier alpha value is -4.27. The van der Waals surface area contributed by atoms with Gasteiger partial charge < -0.3 is 14.8 Å². The lowest BCUT2D eigenvalue weighted by Gasteiger charge is -2.11. The van der Waals surface area contributed by atoms with Gasteiger partial charge >= 0.3 is 5.97 Å². The molecule has 30 heavy (non-hydrogen) atoms. The van der Waals surface area contributed by atoms with Gasteiger partial charge in [-0.3, -0.25) is 4.79 Å². The molecule has 4 rings (SSSR count). The molecule has 0 radical (unpaired) electrons. The van der Waals surface area contributed by atoms with Crippen molar-refractivity contribution in [2.75, 3.05) is 12.4 Å². The van der Waals surface area contributed by atoms with E-state index >= 15 is 0 Å². The first-order valence-corrected chi connectivity index (χ1v) is 8.99. The summed E-state index contributed by atoms with van der Waals surface area (Å²) >= 11 is 0. The second kappa shape index (κ2) is 8.00. The number of nitrogens with zero attached hydrogens (tertiary/aromatic N) is 4. The highest BCUT2D eigenvalue weighted by Crippen LogP contribution is 2.21. The molecular weight excluding hydrogens is 386 g/mol. The second-order valence-electron chi connectivity index (χ2n) is 6.33. The molecule has 0 aliphatic rings. The van der Waals surface area contributed by atoms with Gasteiger partial charge in [0.05, 0.1) is 18.4 Å². The number of carbonyl (C=O) groups is 2. The van der Waals surface area contributed by atoms with Crippen molar-refractivity contribution in [3.8, 4) is 11.6 Å². The molecule has 0 saturated heterocycles. The van der Waals surface area contributed by atoms with Gasteiger partial charge in [-0.2, -0.15) is 14.6 Å². The number of aryl methyl sites for hydroxylation is 1. The molecule has 9 heteroatoms. The van der Waals surface area contributed by atoms with Crippen LogP contribution in [0, 0.1) is 6.92 Å². The molecule has 2 heterocycles. The summed E-state index contributed by atoms with van der Waals surface area (Å²) in [6, 6.07) is 14.8. The molecule has 0 saturated carbocycles. The molecule has 0 atom stereocenters. The van der Waals surface area contributed by atoms with E-state index < -0.39 is 5.97 Å². The van der Waals surface area contributed by atoms with Crippen molar-refractivity contribution in [2.45, 2.75) is 6.92 Å². The van der Waals surface area contributed by atoms with Gasteiger partial charge in [-0.15, -0.1) is 0 Å². The molecule has 2 aromatic carbocycles. The summed E-state index contributed by atoms with van der Waals surface area (Å²) in [5.74, 6) is 0.122. The lowest BCUT2D eigenvalue weighted by atomic mass is 10.1. The number of para-hydroxylation sites is 1. The van der Waals surface area contributed by atoms with E-state index in [1.807, 2.05) is 0 Å². The molecule has 0 fully saturated rings.